The smallest absolute Gasteiger partial charge is 0.235 e. The summed E-state index contributed by atoms with van der Waals surface area (Å²) >= 11 is 0. The van der Waals surface area contributed by atoms with Crippen molar-refractivity contribution in [1.82, 2.24) is 19.5 Å². The Morgan fingerprint density at radius 2 is 1.67 bits per heavy atom. The van der Waals surface area contributed by atoms with Gasteiger partial charge in [0.1, 0.15) is 0 Å². The average molecular weight is 513 g/mol. The fourth-order valence-electron chi connectivity index (χ4n) is 5.15. The standard InChI is InChI=1S/C25H36N8O2S/c1-2-33-16-27-22-23(30-25(31-24(22)33)29-19-10-8-17(26)9-11-19)28-18-12-14-20(15-13-18)32-36(34,35)21-6-4-3-5-7-21/h12-17,19,21,32H,2-11,26H2,1H3,(H2,28,29,30,31). The van der Waals surface area contributed by atoms with Gasteiger partial charge in [-0.15, -0.1) is 0 Å². The lowest BCUT2D eigenvalue weighted by Crippen LogP contribution is -2.33. The van der Waals surface area contributed by atoms with Crippen LogP contribution in [0.2, 0.25) is 0 Å². The van der Waals surface area contributed by atoms with Crippen LogP contribution in [0.4, 0.5) is 23.1 Å². The van der Waals surface area contributed by atoms with Gasteiger partial charge < -0.3 is 20.9 Å². The summed E-state index contributed by atoms with van der Waals surface area (Å²) in [5, 5.41) is 6.54. The van der Waals surface area contributed by atoms with E-state index in [1.54, 1.807) is 18.5 Å². The molecule has 0 bridgehead atoms. The Morgan fingerprint density at radius 3 is 2.36 bits per heavy atom. The summed E-state index contributed by atoms with van der Waals surface area (Å²) in [4.78, 5) is 14.0. The highest BCUT2D eigenvalue weighted by atomic mass is 32.2. The van der Waals surface area contributed by atoms with Crippen LogP contribution in [-0.4, -0.2) is 45.3 Å². The number of anilines is 4. The number of hydrogen-bond donors (Lipinski definition) is 4. The Labute approximate surface area is 212 Å². The number of rotatable bonds is 8. The number of fused-ring (bicyclic) bond motifs is 1. The van der Waals surface area contributed by atoms with Gasteiger partial charge in [-0.1, -0.05) is 19.3 Å². The number of imidazole rings is 1. The Kier molecular flexibility index (Phi) is 7.29. The van der Waals surface area contributed by atoms with Crippen molar-refractivity contribution in [3.8, 4) is 0 Å². The molecule has 11 heteroatoms. The highest BCUT2D eigenvalue weighted by Gasteiger charge is 2.27. The lowest BCUT2D eigenvalue weighted by atomic mass is 9.92. The molecular formula is C25H36N8O2S. The summed E-state index contributed by atoms with van der Waals surface area (Å²) in [6.07, 6.45) is 10.3. The van der Waals surface area contributed by atoms with E-state index in [2.05, 4.69) is 27.3 Å². The highest BCUT2D eigenvalue weighted by Crippen LogP contribution is 2.28. The molecule has 0 unspecified atom stereocenters. The highest BCUT2D eigenvalue weighted by molar-refractivity contribution is 7.93. The minimum Gasteiger partial charge on any atom is -0.351 e. The third-order valence-corrected chi connectivity index (χ3v) is 9.18. The second kappa shape index (κ2) is 10.6. The average Bonchev–Trinajstić information content (AvgIpc) is 3.30. The van der Waals surface area contributed by atoms with Crippen LogP contribution >= 0.6 is 0 Å². The molecule has 0 spiro atoms. The summed E-state index contributed by atoms with van der Waals surface area (Å²) in [5.41, 5.74) is 8.87. The molecule has 2 aliphatic rings. The van der Waals surface area contributed by atoms with Crippen LogP contribution in [0.5, 0.6) is 0 Å². The first-order valence-corrected chi connectivity index (χ1v) is 14.6. The van der Waals surface area contributed by atoms with E-state index in [1.165, 1.54) is 0 Å². The molecule has 36 heavy (non-hydrogen) atoms. The van der Waals surface area contributed by atoms with Crippen molar-refractivity contribution in [2.24, 2.45) is 5.73 Å². The Bertz CT molecular complexity index is 1280. The first-order chi connectivity index (χ1) is 17.4. The maximum Gasteiger partial charge on any atom is 0.235 e. The van der Waals surface area contributed by atoms with Gasteiger partial charge in [0.15, 0.2) is 17.0 Å². The van der Waals surface area contributed by atoms with Crippen molar-refractivity contribution in [3.05, 3.63) is 30.6 Å². The molecule has 0 saturated heterocycles. The van der Waals surface area contributed by atoms with Crippen molar-refractivity contribution in [1.29, 1.82) is 0 Å². The van der Waals surface area contributed by atoms with E-state index >= 15 is 0 Å². The van der Waals surface area contributed by atoms with Gasteiger partial charge in [-0.3, -0.25) is 4.72 Å². The number of hydrogen-bond acceptors (Lipinski definition) is 8. The quantitative estimate of drug-likeness (QED) is 0.349. The summed E-state index contributed by atoms with van der Waals surface area (Å²) in [6, 6.07) is 7.81. The zero-order valence-electron chi connectivity index (χ0n) is 20.8. The van der Waals surface area contributed by atoms with E-state index in [4.69, 9.17) is 15.7 Å². The van der Waals surface area contributed by atoms with Crippen LogP contribution < -0.4 is 21.1 Å². The van der Waals surface area contributed by atoms with Crippen molar-refractivity contribution in [2.45, 2.75) is 88.6 Å². The van der Waals surface area contributed by atoms with Crippen molar-refractivity contribution >= 4 is 44.3 Å². The fraction of sp³-hybridized carbons (Fsp3) is 0.560. The maximum absolute atomic E-state index is 12.8. The summed E-state index contributed by atoms with van der Waals surface area (Å²) in [6.45, 7) is 2.81. The molecule has 0 aliphatic heterocycles. The minimum absolute atomic E-state index is 0.278. The molecule has 10 nitrogen and oxygen atoms in total. The molecule has 2 aromatic heterocycles. The third kappa shape index (κ3) is 5.57. The molecule has 2 aliphatic carbocycles. The van der Waals surface area contributed by atoms with Crippen LogP contribution in [0.25, 0.3) is 11.2 Å². The number of aromatic nitrogens is 4. The van der Waals surface area contributed by atoms with Crippen LogP contribution in [0.15, 0.2) is 30.6 Å². The topological polar surface area (TPSA) is 140 Å². The van der Waals surface area contributed by atoms with E-state index in [0.29, 0.717) is 29.0 Å². The van der Waals surface area contributed by atoms with Crippen molar-refractivity contribution in [2.75, 3.05) is 15.4 Å². The van der Waals surface area contributed by atoms with E-state index in [1.807, 2.05) is 16.7 Å². The first kappa shape index (κ1) is 24.8. The van der Waals surface area contributed by atoms with Crippen LogP contribution in [0.3, 0.4) is 0 Å². The summed E-state index contributed by atoms with van der Waals surface area (Å²) < 4.78 is 30.3. The predicted octanol–water partition coefficient (Wildman–Crippen LogP) is 4.35. The fourth-order valence-corrected chi connectivity index (χ4v) is 6.74. The molecule has 194 valence electrons. The van der Waals surface area contributed by atoms with E-state index in [-0.39, 0.29) is 11.3 Å². The van der Waals surface area contributed by atoms with Gasteiger partial charge in [0, 0.05) is 30.0 Å². The predicted molar refractivity (Wildman–Crippen MR) is 144 cm³/mol. The Morgan fingerprint density at radius 1 is 0.972 bits per heavy atom. The first-order valence-electron chi connectivity index (χ1n) is 13.0. The van der Waals surface area contributed by atoms with Gasteiger partial charge in [0.2, 0.25) is 16.0 Å². The monoisotopic (exact) mass is 512 g/mol. The third-order valence-electron chi connectivity index (χ3n) is 7.31. The molecule has 3 aromatic rings. The van der Waals surface area contributed by atoms with E-state index < -0.39 is 10.0 Å². The molecule has 2 heterocycles. The zero-order valence-corrected chi connectivity index (χ0v) is 21.6. The maximum atomic E-state index is 12.8. The molecule has 1 aromatic carbocycles. The Hall–Kier alpha value is -2.92. The van der Waals surface area contributed by atoms with Crippen molar-refractivity contribution < 1.29 is 8.42 Å². The molecule has 2 saturated carbocycles. The number of nitrogens with one attached hydrogen (secondary N) is 3. The van der Waals surface area contributed by atoms with Gasteiger partial charge in [-0.25, -0.2) is 13.4 Å². The SMILES string of the molecule is CCn1cnc2c(Nc3ccc(NS(=O)(=O)C4CCCCC4)cc3)nc(NC3CCC(N)CC3)nc21. The molecular weight excluding hydrogens is 476 g/mol. The zero-order chi connectivity index (χ0) is 25.1. The lowest BCUT2D eigenvalue weighted by molar-refractivity contribution is 0.410. The van der Waals surface area contributed by atoms with Crippen LogP contribution in [-0.2, 0) is 16.6 Å². The largest absolute Gasteiger partial charge is 0.351 e. The number of aryl methyl sites for hydroxylation is 1. The molecule has 0 atom stereocenters. The second-order valence-corrected chi connectivity index (χ2v) is 11.9. The van der Waals surface area contributed by atoms with Crippen LogP contribution in [0.1, 0.15) is 64.7 Å². The van der Waals surface area contributed by atoms with E-state index in [0.717, 1.165) is 75.7 Å². The van der Waals surface area contributed by atoms with Crippen LogP contribution in [0, 0.1) is 0 Å². The Balaban J connectivity index is 1.34. The normalized spacial score (nSPS) is 21.4. The number of nitrogens with two attached hydrogens (primary N) is 1. The van der Waals surface area contributed by atoms with E-state index in [9.17, 15) is 8.42 Å². The van der Waals surface area contributed by atoms with Gasteiger partial charge in [-0.05, 0) is 69.7 Å². The number of sulfonamides is 1. The second-order valence-electron chi connectivity index (χ2n) is 9.96. The van der Waals surface area contributed by atoms with Gasteiger partial charge in [0.25, 0.3) is 0 Å². The van der Waals surface area contributed by atoms with Crippen molar-refractivity contribution in [3.63, 3.8) is 0 Å². The molecule has 5 N–H and O–H groups in total. The minimum atomic E-state index is -3.38. The number of benzene rings is 1. The molecule has 5 rings (SSSR count). The number of nitrogens with zero attached hydrogens (tertiary/aromatic N) is 4. The van der Waals surface area contributed by atoms with Gasteiger partial charge in [-0.2, -0.15) is 9.97 Å². The summed E-state index contributed by atoms with van der Waals surface area (Å²) in [7, 11) is -3.38. The molecule has 0 radical (unpaired) electrons. The van der Waals surface area contributed by atoms with Gasteiger partial charge in [0.05, 0.1) is 11.6 Å². The van der Waals surface area contributed by atoms with Gasteiger partial charge >= 0.3 is 0 Å². The summed E-state index contributed by atoms with van der Waals surface area (Å²) in [5.74, 6) is 1.18. The lowest BCUT2D eigenvalue weighted by Gasteiger charge is -2.26. The molecule has 2 fully saturated rings. The molecule has 0 amide bonds.